The number of likely N-dealkylation sites (tertiary alicyclic amines) is 1. The number of phenolic OH excluding ortho intramolecular Hbond substituents is 1. The van der Waals surface area contributed by atoms with Crippen LogP contribution in [0.2, 0.25) is 0 Å². The van der Waals surface area contributed by atoms with E-state index >= 15 is 0 Å². The van der Waals surface area contributed by atoms with E-state index in [1.54, 1.807) is 42.5 Å². The molecule has 2 aromatic carbocycles. The van der Waals surface area contributed by atoms with Gasteiger partial charge in [-0.25, -0.2) is 0 Å². The van der Waals surface area contributed by atoms with Crippen molar-refractivity contribution in [1.82, 2.24) is 63.4 Å². The number of nitrogens with one attached hydrogen (secondary N) is 12. The van der Waals surface area contributed by atoms with E-state index in [9.17, 15) is 77.3 Å². The quantitative estimate of drug-likeness (QED) is 0.0138. The van der Waals surface area contributed by atoms with E-state index in [2.05, 4.69) is 58.5 Å². The summed E-state index contributed by atoms with van der Waals surface area (Å²) in [4.78, 5) is 183. The number of carbonyl (C=O) groups is 14. The van der Waals surface area contributed by atoms with E-state index in [1.807, 2.05) is 0 Å². The SMILES string of the molecule is CNC(=O)CCCC(=O)NC(Cc1ccc(O)cc1)C(=O)NCCCCCC(=O)NC(CSC1CC(=O)N(CCC(=O)NCCCCC2NC(=O)[C@@H](Cc3ccccc3)NC(=O)C(CC(=O)O)NC(=O)CNC(=O)C(CCCNC(=N)N)NC2=O)C1=O)C(N)=O. The summed E-state index contributed by atoms with van der Waals surface area (Å²) in [6.45, 7) is -0.590. The number of aromatic hydroxyl groups is 1. The van der Waals surface area contributed by atoms with Crippen molar-refractivity contribution in [2.45, 2.75) is 151 Å². The summed E-state index contributed by atoms with van der Waals surface area (Å²) in [5.41, 5.74) is 12.2. The van der Waals surface area contributed by atoms with E-state index < -0.39 is 131 Å². The smallest absolute Gasteiger partial charge is 0.305 e. The van der Waals surface area contributed by atoms with Crippen LogP contribution in [0.1, 0.15) is 107 Å². The number of phenols is 1. The molecule has 6 unspecified atom stereocenters. The van der Waals surface area contributed by atoms with Gasteiger partial charge in [0.25, 0.3) is 0 Å². The van der Waals surface area contributed by atoms with Gasteiger partial charge in [-0.15, -0.1) is 11.8 Å². The summed E-state index contributed by atoms with van der Waals surface area (Å²) in [7, 11) is 1.49. The number of carbonyl (C=O) groups excluding carboxylic acids is 13. The average molecular weight is 1280 g/mol. The second kappa shape index (κ2) is 38.8. The normalized spacial score (nSPS) is 18.7. The number of carboxylic acid groups (broad SMARTS) is 1. The van der Waals surface area contributed by atoms with Gasteiger partial charge in [-0.05, 0) is 74.6 Å². The Kier molecular flexibility index (Phi) is 31.5. The number of nitrogens with zero attached hydrogens (tertiary/aromatic N) is 1. The van der Waals surface area contributed by atoms with Gasteiger partial charge in [-0.2, -0.15) is 0 Å². The molecule has 31 nitrogen and oxygen atoms in total. The fraction of sp³-hybridized carbons (Fsp3) is 0.534. The van der Waals surface area contributed by atoms with Crippen LogP contribution in [0.25, 0.3) is 0 Å². The van der Waals surface area contributed by atoms with Crippen molar-refractivity contribution < 1.29 is 77.3 Å². The van der Waals surface area contributed by atoms with Crippen LogP contribution in [0.15, 0.2) is 54.6 Å². The van der Waals surface area contributed by atoms with Gasteiger partial charge in [0.05, 0.1) is 18.2 Å². The highest BCUT2D eigenvalue weighted by molar-refractivity contribution is 8.00. The van der Waals surface area contributed by atoms with Crippen LogP contribution in [0.3, 0.4) is 0 Å². The van der Waals surface area contributed by atoms with Crippen molar-refractivity contribution in [2.24, 2.45) is 11.5 Å². The lowest BCUT2D eigenvalue weighted by molar-refractivity contribution is -0.141. The molecule has 2 saturated heterocycles. The van der Waals surface area contributed by atoms with Crippen molar-refractivity contribution in [1.29, 1.82) is 5.41 Å². The molecular weight excluding hydrogens is 1190 g/mol. The summed E-state index contributed by atoms with van der Waals surface area (Å²) in [5.74, 6) is -10.5. The highest BCUT2D eigenvalue weighted by atomic mass is 32.2. The number of thioether (sulfide) groups is 1. The third-order valence-corrected chi connectivity index (χ3v) is 15.6. The van der Waals surface area contributed by atoms with Crippen LogP contribution in [0.4, 0.5) is 0 Å². The number of rotatable bonds is 35. The number of hydrogen-bond donors (Lipinski definition) is 16. The van der Waals surface area contributed by atoms with E-state index in [-0.39, 0.29) is 133 Å². The molecule has 4 rings (SSSR count). The highest BCUT2D eigenvalue weighted by Crippen LogP contribution is 2.26. The first-order chi connectivity index (χ1) is 42.9. The highest BCUT2D eigenvalue weighted by Gasteiger charge is 2.40. The fourth-order valence-electron chi connectivity index (χ4n) is 9.36. The molecule has 13 amide bonds. The first-order valence-corrected chi connectivity index (χ1v) is 30.7. The van der Waals surface area contributed by atoms with Gasteiger partial charge in [0, 0.05) is 83.9 Å². The maximum absolute atomic E-state index is 14.1. The summed E-state index contributed by atoms with van der Waals surface area (Å²) in [6.07, 6.45) is 0.919. The number of guanidine groups is 1. The Morgan fingerprint density at radius 2 is 1.22 bits per heavy atom. The molecule has 18 N–H and O–H groups in total. The van der Waals surface area contributed by atoms with E-state index in [4.69, 9.17) is 16.9 Å². The fourth-order valence-corrected chi connectivity index (χ4v) is 10.6. The zero-order chi connectivity index (χ0) is 66.1. The van der Waals surface area contributed by atoms with Crippen LogP contribution in [-0.4, -0.2) is 191 Å². The third kappa shape index (κ3) is 27.4. The predicted molar refractivity (Wildman–Crippen MR) is 326 cm³/mol. The minimum Gasteiger partial charge on any atom is -0.508 e. The summed E-state index contributed by atoms with van der Waals surface area (Å²) in [5, 5.41) is 54.0. The van der Waals surface area contributed by atoms with Crippen molar-refractivity contribution in [3.8, 4) is 5.75 Å². The number of aliphatic carboxylic acids is 1. The van der Waals surface area contributed by atoms with Gasteiger partial charge in [0.2, 0.25) is 76.8 Å². The predicted octanol–water partition coefficient (Wildman–Crippen LogP) is -3.43. The molecule has 2 aliphatic rings. The maximum Gasteiger partial charge on any atom is 0.305 e. The molecule has 0 saturated carbocycles. The lowest BCUT2D eigenvalue weighted by atomic mass is 10.0. The number of nitrogens with two attached hydrogens (primary N) is 2. The molecule has 0 radical (unpaired) electrons. The molecule has 2 aromatic rings. The van der Waals surface area contributed by atoms with Crippen LogP contribution in [0.5, 0.6) is 5.75 Å². The monoisotopic (exact) mass is 1280 g/mol. The number of imide groups is 1. The molecular formula is C58H83N15O16S. The largest absolute Gasteiger partial charge is 0.508 e. The maximum atomic E-state index is 14.1. The van der Waals surface area contributed by atoms with Crippen molar-refractivity contribution in [2.75, 3.05) is 45.5 Å². The van der Waals surface area contributed by atoms with Gasteiger partial charge in [0.15, 0.2) is 5.96 Å². The number of amides is 13. The topological polar surface area (TPSA) is 491 Å². The van der Waals surface area contributed by atoms with Crippen molar-refractivity contribution >= 4 is 100 Å². The van der Waals surface area contributed by atoms with Gasteiger partial charge in [0.1, 0.15) is 42.0 Å². The third-order valence-electron chi connectivity index (χ3n) is 14.3. The van der Waals surface area contributed by atoms with Crippen LogP contribution >= 0.6 is 11.8 Å². The number of primary amides is 1. The standard InChI is InChI=1S/C58H83N15O16S/c1-62-44(75)17-10-18-47(78)67-39(29-35-19-21-36(74)22-20-35)53(85)64-25-8-3-6-16-46(77)69-42(51(59)83)33-90-43-31-49(80)73(57(43)89)27-23-45(76)63-24-9-7-14-38-54(86)70-37(15-11-26-65-58(60)61)52(84)66-32-48(79)68-41(30-50(81)82)56(88)72-40(55(87)71-38)28-34-12-4-2-5-13-34/h2,4-5,12-13,19-22,37-43,74H,3,6-11,14-18,23-33H2,1H3,(H2,59,83)(H,62,75)(H,63,76)(H,64,85)(H,66,84)(H,67,78)(H,68,79)(H,69,77)(H,70,86)(H,71,87)(H,72,88)(H,81,82)(H4,60,61,65)/t37?,38?,39?,40-,41?,42?,43?/m1/s1. The van der Waals surface area contributed by atoms with Gasteiger partial charge in [-0.3, -0.25) is 77.4 Å². The Balaban J connectivity index is 1.25. The molecule has 0 aromatic heterocycles. The zero-order valence-corrected chi connectivity index (χ0v) is 50.9. The van der Waals surface area contributed by atoms with E-state index in [0.29, 0.717) is 30.4 Å². The second-order valence-electron chi connectivity index (χ2n) is 21.4. The molecule has 7 atom stereocenters. The zero-order valence-electron chi connectivity index (χ0n) is 50.1. The number of unbranched alkanes of at least 4 members (excludes halogenated alkanes) is 3. The molecule has 2 aliphatic heterocycles. The van der Waals surface area contributed by atoms with Crippen molar-refractivity contribution in [3.05, 3.63) is 65.7 Å². The molecule has 2 fully saturated rings. The lowest BCUT2D eigenvalue weighted by Crippen LogP contribution is -2.58. The molecule has 90 heavy (non-hydrogen) atoms. The Hall–Kier alpha value is -9.36. The average Bonchev–Trinajstić information content (AvgIpc) is 2.79. The summed E-state index contributed by atoms with van der Waals surface area (Å²) in [6, 6.07) is 6.79. The van der Waals surface area contributed by atoms with Gasteiger partial charge in [-0.1, -0.05) is 48.9 Å². The molecule has 32 heteroatoms. The number of benzene rings is 2. The number of carboxylic acids is 1. The lowest BCUT2D eigenvalue weighted by Gasteiger charge is -2.26. The van der Waals surface area contributed by atoms with Gasteiger partial charge >= 0.3 is 5.97 Å². The molecule has 0 aliphatic carbocycles. The Bertz CT molecular complexity index is 2870. The Labute approximate surface area is 523 Å². The molecule has 0 bridgehead atoms. The molecule has 0 spiro atoms. The first kappa shape index (κ1) is 73.1. The van der Waals surface area contributed by atoms with Crippen molar-refractivity contribution in [3.63, 3.8) is 0 Å². The van der Waals surface area contributed by atoms with Gasteiger partial charge < -0.3 is 80.2 Å². The minimum atomic E-state index is -1.67. The summed E-state index contributed by atoms with van der Waals surface area (Å²) >= 11 is 0.948. The van der Waals surface area contributed by atoms with Crippen LogP contribution in [0, 0.1) is 5.41 Å². The Morgan fingerprint density at radius 3 is 1.89 bits per heavy atom. The summed E-state index contributed by atoms with van der Waals surface area (Å²) < 4.78 is 0. The molecule has 492 valence electrons. The Morgan fingerprint density at radius 1 is 0.633 bits per heavy atom. The van der Waals surface area contributed by atoms with Crippen LogP contribution < -0.4 is 70.0 Å². The molecule has 2 heterocycles. The number of hydrogen-bond acceptors (Lipinski definition) is 17. The van der Waals surface area contributed by atoms with Crippen LogP contribution in [-0.2, 0) is 80.0 Å². The van der Waals surface area contributed by atoms with E-state index in [0.717, 1.165) is 16.7 Å². The van der Waals surface area contributed by atoms with E-state index in [1.165, 1.54) is 19.2 Å². The minimum absolute atomic E-state index is 0.00187. The first-order valence-electron chi connectivity index (χ1n) is 29.6. The second-order valence-corrected chi connectivity index (χ2v) is 22.7.